The number of benzene rings is 1. The fourth-order valence-electron chi connectivity index (χ4n) is 2.02. The summed E-state index contributed by atoms with van der Waals surface area (Å²) in [6.45, 7) is 7.42. The molecule has 1 heterocycles. The summed E-state index contributed by atoms with van der Waals surface area (Å²) >= 11 is 11.9. The SMILES string of the molecule is CC(C)N=C(NC(C)C)OC(=O)c1cc2cc(Cl)cc(Cl)c2oc1=O. The summed E-state index contributed by atoms with van der Waals surface area (Å²) in [5.41, 5.74) is -0.966. The van der Waals surface area contributed by atoms with Crippen LogP contribution in [0.3, 0.4) is 0 Å². The fraction of sp³-hybridized carbons (Fsp3) is 0.353. The highest BCUT2D eigenvalue weighted by molar-refractivity contribution is 6.38. The van der Waals surface area contributed by atoms with E-state index in [1.54, 1.807) is 0 Å². The number of halogens is 2. The molecular weight excluding hydrogens is 367 g/mol. The van der Waals surface area contributed by atoms with Gasteiger partial charge in [-0.1, -0.05) is 23.2 Å². The molecule has 0 atom stereocenters. The maximum Gasteiger partial charge on any atom is 0.353 e. The summed E-state index contributed by atoms with van der Waals surface area (Å²) in [4.78, 5) is 28.7. The van der Waals surface area contributed by atoms with Gasteiger partial charge in [0.05, 0.1) is 5.02 Å². The standard InChI is InChI=1S/C17H18Cl2N2O4/c1-8(2)20-17(21-9(3)4)25-16(23)12-6-10-5-11(18)7-13(19)14(10)24-15(12)22/h5-9H,1-4H3,(H,20,21). The summed E-state index contributed by atoms with van der Waals surface area (Å²) in [6.07, 6.45) is 0. The number of carbonyl (C=O) groups is 1. The lowest BCUT2D eigenvalue weighted by Gasteiger charge is -2.13. The summed E-state index contributed by atoms with van der Waals surface area (Å²) in [7, 11) is 0. The molecule has 0 radical (unpaired) electrons. The molecule has 0 unspecified atom stereocenters. The first kappa shape index (κ1) is 19.3. The number of hydrogen-bond acceptors (Lipinski definition) is 5. The molecule has 0 bridgehead atoms. The van der Waals surface area contributed by atoms with Gasteiger partial charge in [0.25, 0.3) is 6.02 Å². The average Bonchev–Trinajstić information content (AvgIpc) is 2.45. The van der Waals surface area contributed by atoms with Crippen LogP contribution in [0.25, 0.3) is 11.0 Å². The highest BCUT2D eigenvalue weighted by Gasteiger charge is 2.19. The Morgan fingerprint density at radius 2 is 1.88 bits per heavy atom. The molecule has 0 aliphatic rings. The van der Waals surface area contributed by atoms with Gasteiger partial charge in [0.1, 0.15) is 5.56 Å². The summed E-state index contributed by atoms with van der Waals surface area (Å²) in [6, 6.07) is 4.27. The fourth-order valence-corrected chi connectivity index (χ4v) is 2.56. The number of nitrogens with one attached hydrogen (secondary N) is 1. The Hall–Kier alpha value is -2.05. The molecule has 2 aromatic rings. The van der Waals surface area contributed by atoms with Gasteiger partial charge in [0.15, 0.2) is 5.58 Å². The van der Waals surface area contributed by atoms with Crippen LogP contribution in [0.15, 0.2) is 32.4 Å². The van der Waals surface area contributed by atoms with Gasteiger partial charge in [-0.2, -0.15) is 0 Å². The number of ether oxygens (including phenoxy) is 1. The Morgan fingerprint density at radius 1 is 1.20 bits per heavy atom. The monoisotopic (exact) mass is 384 g/mol. The summed E-state index contributed by atoms with van der Waals surface area (Å²) in [5.74, 6) is -0.876. The van der Waals surface area contributed by atoms with Gasteiger partial charge in [0.2, 0.25) is 0 Å². The third-order valence-electron chi connectivity index (χ3n) is 2.95. The van der Waals surface area contributed by atoms with E-state index in [4.69, 9.17) is 32.4 Å². The molecule has 25 heavy (non-hydrogen) atoms. The zero-order chi connectivity index (χ0) is 18.7. The second kappa shape index (κ2) is 7.89. The van der Waals surface area contributed by atoms with Crippen molar-refractivity contribution < 1.29 is 13.9 Å². The van der Waals surface area contributed by atoms with Gasteiger partial charge in [-0.15, -0.1) is 0 Å². The highest BCUT2D eigenvalue weighted by atomic mass is 35.5. The number of carbonyl (C=O) groups excluding carboxylic acids is 1. The van der Waals surface area contributed by atoms with Gasteiger partial charge in [0, 0.05) is 22.5 Å². The van der Waals surface area contributed by atoms with Gasteiger partial charge in [-0.05, 0) is 45.9 Å². The first-order valence-electron chi connectivity index (χ1n) is 7.66. The zero-order valence-electron chi connectivity index (χ0n) is 14.2. The van der Waals surface area contributed by atoms with Gasteiger partial charge < -0.3 is 14.5 Å². The molecule has 8 heteroatoms. The Morgan fingerprint density at radius 3 is 2.48 bits per heavy atom. The minimum absolute atomic E-state index is 0.00377. The van der Waals surface area contributed by atoms with Crippen molar-refractivity contribution in [3.63, 3.8) is 0 Å². The molecule has 0 fully saturated rings. The number of aliphatic imine (C=N–C) groups is 1. The van der Waals surface area contributed by atoms with E-state index in [0.29, 0.717) is 10.4 Å². The first-order valence-corrected chi connectivity index (χ1v) is 8.42. The number of fused-ring (bicyclic) bond motifs is 1. The van der Waals surface area contributed by atoms with Crippen LogP contribution in [0, 0.1) is 0 Å². The third-order valence-corrected chi connectivity index (χ3v) is 3.45. The molecule has 0 aliphatic heterocycles. The Balaban J connectivity index is 2.41. The maximum absolute atomic E-state index is 12.4. The van der Waals surface area contributed by atoms with Crippen LogP contribution in [0.5, 0.6) is 0 Å². The molecule has 0 saturated carbocycles. The predicted octanol–water partition coefficient (Wildman–Crippen LogP) is 4.02. The topological polar surface area (TPSA) is 80.9 Å². The highest BCUT2D eigenvalue weighted by Crippen LogP contribution is 2.27. The molecule has 1 aromatic carbocycles. The van der Waals surface area contributed by atoms with Crippen molar-refractivity contribution >= 4 is 46.2 Å². The molecular formula is C17H18Cl2N2O4. The minimum Gasteiger partial charge on any atom is -0.420 e. The molecule has 0 saturated heterocycles. The van der Waals surface area contributed by atoms with Crippen molar-refractivity contribution in [3.8, 4) is 0 Å². The summed E-state index contributed by atoms with van der Waals surface area (Å²) < 4.78 is 10.4. The second-order valence-corrected chi connectivity index (χ2v) is 6.81. The lowest BCUT2D eigenvalue weighted by Crippen LogP contribution is -2.35. The van der Waals surface area contributed by atoms with Crippen LogP contribution in [-0.2, 0) is 4.74 Å². The van der Waals surface area contributed by atoms with Crippen LogP contribution < -0.4 is 10.9 Å². The average molecular weight is 385 g/mol. The van der Waals surface area contributed by atoms with Crippen LogP contribution in [0.1, 0.15) is 38.1 Å². The van der Waals surface area contributed by atoms with Crippen LogP contribution in [0.2, 0.25) is 10.0 Å². The molecule has 6 nitrogen and oxygen atoms in total. The van der Waals surface area contributed by atoms with E-state index in [0.717, 1.165) is 0 Å². The number of hydrogen-bond donors (Lipinski definition) is 1. The molecule has 0 amide bonds. The second-order valence-electron chi connectivity index (χ2n) is 5.97. The van der Waals surface area contributed by atoms with E-state index in [1.165, 1.54) is 18.2 Å². The maximum atomic E-state index is 12.4. The smallest absolute Gasteiger partial charge is 0.353 e. The van der Waals surface area contributed by atoms with Gasteiger partial charge >= 0.3 is 11.6 Å². The third kappa shape index (κ3) is 4.96. The largest absolute Gasteiger partial charge is 0.420 e. The van der Waals surface area contributed by atoms with E-state index < -0.39 is 11.6 Å². The number of esters is 1. The van der Waals surface area contributed by atoms with E-state index in [-0.39, 0.29) is 34.3 Å². The van der Waals surface area contributed by atoms with Gasteiger partial charge in [-0.3, -0.25) is 0 Å². The van der Waals surface area contributed by atoms with E-state index >= 15 is 0 Å². The summed E-state index contributed by atoms with van der Waals surface area (Å²) in [5, 5.41) is 3.88. The Labute approximate surface area is 154 Å². The van der Waals surface area contributed by atoms with Gasteiger partial charge in [-0.25, -0.2) is 14.6 Å². The predicted molar refractivity (Wildman–Crippen MR) is 98.8 cm³/mol. The molecule has 0 aliphatic carbocycles. The molecule has 134 valence electrons. The molecule has 2 rings (SSSR count). The molecule has 1 N–H and O–H groups in total. The van der Waals surface area contributed by atoms with E-state index in [2.05, 4.69) is 10.3 Å². The van der Waals surface area contributed by atoms with Crippen molar-refractivity contribution in [2.24, 2.45) is 4.99 Å². The number of rotatable bonds is 3. The lowest BCUT2D eigenvalue weighted by molar-refractivity contribution is 0.0701. The van der Waals surface area contributed by atoms with Crippen molar-refractivity contribution in [1.82, 2.24) is 5.32 Å². The first-order chi connectivity index (χ1) is 11.7. The minimum atomic E-state index is -0.876. The Kier molecular flexibility index (Phi) is 6.08. The number of nitrogens with zero attached hydrogens (tertiary/aromatic N) is 1. The van der Waals surface area contributed by atoms with Crippen molar-refractivity contribution in [2.75, 3.05) is 0 Å². The Bertz CT molecular complexity index is 888. The molecule has 0 spiro atoms. The zero-order valence-corrected chi connectivity index (χ0v) is 15.7. The lowest BCUT2D eigenvalue weighted by atomic mass is 10.2. The van der Waals surface area contributed by atoms with E-state index in [1.807, 2.05) is 27.7 Å². The normalized spacial score (nSPS) is 12.1. The van der Waals surface area contributed by atoms with Crippen LogP contribution in [0.4, 0.5) is 0 Å². The quantitative estimate of drug-likeness (QED) is 0.374. The van der Waals surface area contributed by atoms with Crippen LogP contribution >= 0.6 is 23.2 Å². The van der Waals surface area contributed by atoms with Crippen molar-refractivity contribution in [2.45, 2.75) is 39.8 Å². The number of amidine groups is 1. The molecule has 1 aromatic heterocycles. The van der Waals surface area contributed by atoms with Crippen molar-refractivity contribution in [3.05, 3.63) is 44.2 Å². The van der Waals surface area contributed by atoms with Crippen LogP contribution in [-0.4, -0.2) is 24.1 Å². The van der Waals surface area contributed by atoms with E-state index in [9.17, 15) is 9.59 Å². The van der Waals surface area contributed by atoms with Crippen molar-refractivity contribution in [1.29, 1.82) is 0 Å².